The number of thiazole rings is 1. The third-order valence-corrected chi connectivity index (χ3v) is 4.98. The second-order valence-corrected chi connectivity index (χ2v) is 7.28. The number of anilines is 3. The van der Waals surface area contributed by atoms with Crippen molar-refractivity contribution in [2.45, 2.75) is 13.1 Å². The molecular formula is C22H15F3N4O2S. The number of halogens is 3. The Bertz CT molecular complexity index is 1210. The molecule has 1 N–H and O–H groups in total. The zero-order valence-electron chi connectivity index (χ0n) is 16.6. The van der Waals surface area contributed by atoms with E-state index < -0.39 is 17.6 Å². The van der Waals surface area contributed by atoms with Crippen molar-refractivity contribution >= 4 is 45.7 Å². The van der Waals surface area contributed by atoms with Gasteiger partial charge in [-0.1, -0.05) is 24.3 Å². The standard InChI is InChI=1S/C22H15F3N4O2S/c1-14(30)29(19-8-3-2-4-9-19)21-28-18(13-32-21)10-15(12-26)20(31)27-17-7-5-6-16(11-17)22(23,24)25/h2-11,13H,1H3,(H,27,31)/b15-10+. The lowest BCUT2D eigenvalue weighted by atomic mass is 10.1. The number of para-hydroxylation sites is 1. The van der Waals surface area contributed by atoms with Crippen LogP contribution in [0, 0.1) is 11.3 Å². The highest BCUT2D eigenvalue weighted by atomic mass is 32.1. The van der Waals surface area contributed by atoms with Gasteiger partial charge in [0.1, 0.15) is 11.6 Å². The quantitative estimate of drug-likeness (QED) is 0.412. The van der Waals surface area contributed by atoms with Gasteiger partial charge in [-0.3, -0.25) is 14.5 Å². The number of alkyl halides is 3. The first-order valence-electron chi connectivity index (χ1n) is 9.10. The third-order valence-electron chi connectivity index (χ3n) is 4.14. The normalized spacial score (nSPS) is 11.5. The summed E-state index contributed by atoms with van der Waals surface area (Å²) in [6, 6.07) is 14.6. The Morgan fingerprint density at radius 2 is 1.88 bits per heavy atom. The van der Waals surface area contributed by atoms with E-state index in [0.717, 1.165) is 29.5 Å². The monoisotopic (exact) mass is 456 g/mol. The summed E-state index contributed by atoms with van der Waals surface area (Å²) in [6.07, 6.45) is -3.36. The maximum absolute atomic E-state index is 12.9. The van der Waals surface area contributed by atoms with Crippen LogP contribution in [-0.4, -0.2) is 16.8 Å². The summed E-state index contributed by atoms with van der Waals surface area (Å²) < 4.78 is 38.6. The number of hydrogen-bond donors (Lipinski definition) is 1. The van der Waals surface area contributed by atoms with Crippen molar-refractivity contribution in [1.82, 2.24) is 4.98 Å². The molecule has 0 spiro atoms. The summed E-state index contributed by atoms with van der Waals surface area (Å²) in [6.45, 7) is 1.38. The average Bonchev–Trinajstić information content (AvgIpc) is 3.20. The van der Waals surface area contributed by atoms with Crippen LogP contribution in [0.2, 0.25) is 0 Å². The van der Waals surface area contributed by atoms with Crippen LogP contribution in [0.4, 0.5) is 29.7 Å². The maximum atomic E-state index is 12.9. The molecule has 1 aromatic heterocycles. The number of amides is 2. The second kappa shape index (κ2) is 9.45. The zero-order chi connectivity index (χ0) is 23.3. The van der Waals surface area contributed by atoms with Crippen LogP contribution in [-0.2, 0) is 15.8 Å². The third kappa shape index (κ3) is 5.39. The molecule has 0 aliphatic rings. The Morgan fingerprint density at radius 1 is 1.16 bits per heavy atom. The molecule has 0 unspecified atom stereocenters. The molecule has 3 rings (SSSR count). The van der Waals surface area contributed by atoms with Gasteiger partial charge in [0.15, 0.2) is 5.13 Å². The highest BCUT2D eigenvalue weighted by molar-refractivity contribution is 7.14. The first-order valence-corrected chi connectivity index (χ1v) is 9.98. The highest BCUT2D eigenvalue weighted by Gasteiger charge is 2.30. The van der Waals surface area contributed by atoms with Gasteiger partial charge in [0.25, 0.3) is 5.91 Å². The van der Waals surface area contributed by atoms with Crippen LogP contribution in [0.1, 0.15) is 18.2 Å². The van der Waals surface area contributed by atoms with Crippen LogP contribution in [0.15, 0.2) is 65.6 Å². The summed E-state index contributed by atoms with van der Waals surface area (Å²) in [5, 5.41) is 13.5. The van der Waals surface area contributed by atoms with E-state index in [4.69, 9.17) is 0 Å². The molecule has 0 aliphatic heterocycles. The van der Waals surface area contributed by atoms with Gasteiger partial charge in [-0.05, 0) is 36.4 Å². The SMILES string of the molecule is CC(=O)N(c1ccccc1)c1nc(/C=C(\C#N)C(=O)Nc2cccc(C(F)(F)F)c2)cs1. The molecule has 10 heteroatoms. The zero-order valence-corrected chi connectivity index (χ0v) is 17.4. The van der Waals surface area contributed by atoms with E-state index in [1.54, 1.807) is 41.8 Å². The number of benzene rings is 2. The molecule has 0 aliphatic carbocycles. The predicted octanol–water partition coefficient (Wildman–Crippen LogP) is 5.39. The molecule has 6 nitrogen and oxygen atoms in total. The summed E-state index contributed by atoms with van der Waals surface area (Å²) in [4.78, 5) is 30.2. The summed E-state index contributed by atoms with van der Waals surface area (Å²) in [5.41, 5.74) is -0.520. The molecule has 32 heavy (non-hydrogen) atoms. The minimum atomic E-state index is -4.56. The Labute approximate surface area is 185 Å². The number of carbonyl (C=O) groups is 2. The van der Waals surface area contributed by atoms with Gasteiger partial charge in [-0.15, -0.1) is 11.3 Å². The number of nitriles is 1. The Kier molecular flexibility index (Phi) is 6.70. The van der Waals surface area contributed by atoms with Crippen LogP contribution in [0.3, 0.4) is 0 Å². The van der Waals surface area contributed by atoms with E-state index in [2.05, 4.69) is 10.3 Å². The average molecular weight is 456 g/mol. The maximum Gasteiger partial charge on any atom is 0.416 e. The molecular weight excluding hydrogens is 441 g/mol. The van der Waals surface area contributed by atoms with Crippen molar-refractivity contribution in [3.63, 3.8) is 0 Å². The lowest BCUT2D eigenvalue weighted by Gasteiger charge is -2.17. The number of carbonyl (C=O) groups excluding carboxylic acids is 2. The minimum Gasteiger partial charge on any atom is -0.321 e. The molecule has 162 valence electrons. The van der Waals surface area contributed by atoms with Crippen molar-refractivity contribution in [3.05, 3.63) is 76.8 Å². The molecule has 0 saturated heterocycles. The Hall–Kier alpha value is -3.97. The number of nitrogens with one attached hydrogen (secondary N) is 1. The smallest absolute Gasteiger partial charge is 0.321 e. The molecule has 0 fully saturated rings. The van der Waals surface area contributed by atoms with E-state index in [-0.39, 0.29) is 22.9 Å². The van der Waals surface area contributed by atoms with Gasteiger partial charge in [0.05, 0.1) is 16.9 Å². The fourth-order valence-corrected chi connectivity index (χ4v) is 3.56. The van der Waals surface area contributed by atoms with Gasteiger partial charge in [-0.25, -0.2) is 4.98 Å². The number of hydrogen-bond acceptors (Lipinski definition) is 5. The Balaban J connectivity index is 1.83. The number of nitrogens with zero attached hydrogens (tertiary/aromatic N) is 3. The molecule has 0 bridgehead atoms. The first kappa shape index (κ1) is 22.7. The van der Waals surface area contributed by atoms with Crippen molar-refractivity contribution in [3.8, 4) is 6.07 Å². The van der Waals surface area contributed by atoms with E-state index >= 15 is 0 Å². The van der Waals surface area contributed by atoms with Gasteiger partial charge in [0.2, 0.25) is 5.91 Å². The van der Waals surface area contributed by atoms with Gasteiger partial charge in [0, 0.05) is 18.0 Å². The summed E-state index contributed by atoms with van der Waals surface area (Å²) >= 11 is 1.14. The Morgan fingerprint density at radius 3 is 2.50 bits per heavy atom. The van der Waals surface area contributed by atoms with E-state index in [1.807, 2.05) is 0 Å². The number of rotatable bonds is 5. The van der Waals surface area contributed by atoms with Crippen molar-refractivity contribution < 1.29 is 22.8 Å². The second-order valence-electron chi connectivity index (χ2n) is 6.45. The van der Waals surface area contributed by atoms with Crippen LogP contribution in [0.5, 0.6) is 0 Å². The lowest BCUT2D eigenvalue weighted by Crippen LogP contribution is -2.22. The molecule has 0 saturated carbocycles. The van der Waals surface area contributed by atoms with Crippen molar-refractivity contribution in [2.24, 2.45) is 0 Å². The highest BCUT2D eigenvalue weighted by Crippen LogP contribution is 2.31. The van der Waals surface area contributed by atoms with Gasteiger partial charge < -0.3 is 5.32 Å². The molecule has 2 amide bonds. The molecule has 0 atom stereocenters. The number of aromatic nitrogens is 1. The van der Waals surface area contributed by atoms with Gasteiger partial charge in [-0.2, -0.15) is 18.4 Å². The predicted molar refractivity (Wildman–Crippen MR) is 115 cm³/mol. The topological polar surface area (TPSA) is 86.1 Å². The minimum absolute atomic E-state index is 0.100. The van der Waals surface area contributed by atoms with Crippen LogP contribution >= 0.6 is 11.3 Å². The van der Waals surface area contributed by atoms with Crippen molar-refractivity contribution in [1.29, 1.82) is 5.26 Å². The lowest BCUT2D eigenvalue weighted by molar-refractivity contribution is -0.137. The largest absolute Gasteiger partial charge is 0.416 e. The van der Waals surface area contributed by atoms with E-state index in [1.165, 1.54) is 24.0 Å². The molecule has 1 heterocycles. The van der Waals surface area contributed by atoms with Crippen LogP contribution in [0.25, 0.3) is 6.08 Å². The van der Waals surface area contributed by atoms with E-state index in [0.29, 0.717) is 10.8 Å². The first-order chi connectivity index (χ1) is 15.2. The van der Waals surface area contributed by atoms with Crippen molar-refractivity contribution in [2.75, 3.05) is 10.2 Å². The van der Waals surface area contributed by atoms with E-state index in [9.17, 15) is 28.0 Å². The summed E-state index contributed by atoms with van der Waals surface area (Å²) in [7, 11) is 0. The van der Waals surface area contributed by atoms with Crippen LogP contribution < -0.4 is 10.2 Å². The fraction of sp³-hybridized carbons (Fsp3) is 0.0909. The molecule has 0 radical (unpaired) electrons. The molecule has 3 aromatic rings. The van der Waals surface area contributed by atoms with Gasteiger partial charge >= 0.3 is 6.18 Å². The summed E-state index contributed by atoms with van der Waals surface area (Å²) in [5.74, 6) is -1.16. The fourth-order valence-electron chi connectivity index (χ4n) is 2.72. The molecule has 2 aromatic carbocycles.